The number of carboxylic acids is 1. The first kappa shape index (κ1) is 19.1. The smallest absolute Gasteiger partial charge is 0.303 e. The van der Waals surface area contributed by atoms with Gasteiger partial charge in [-0.25, -0.2) is 9.67 Å². The summed E-state index contributed by atoms with van der Waals surface area (Å²) in [6.45, 7) is 3.04. The SMILES string of the molecule is CC(c1ccc(-n2cncn2)cc1)N(C)CCCCC(=O)O.Cl. The zero-order valence-electron chi connectivity index (χ0n) is 13.4. The number of nitrogens with zero attached hydrogens (tertiary/aromatic N) is 4. The van der Waals surface area contributed by atoms with Crippen LogP contribution < -0.4 is 0 Å². The minimum absolute atomic E-state index is 0. The molecule has 0 saturated carbocycles. The third-order valence-corrected chi connectivity index (χ3v) is 3.87. The van der Waals surface area contributed by atoms with Gasteiger partial charge in [-0.2, -0.15) is 5.10 Å². The number of hydrogen-bond donors (Lipinski definition) is 1. The first-order chi connectivity index (χ1) is 10.6. The van der Waals surface area contributed by atoms with Crippen molar-refractivity contribution in [1.29, 1.82) is 0 Å². The molecule has 7 heteroatoms. The summed E-state index contributed by atoms with van der Waals surface area (Å²) in [5, 5.41) is 12.8. The van der Waals surface area contributed by atoms with E-state index in [1.165, 1.54) is 11.9 Å². The quantitative estimate of drug-likeness (QED) is 0.749. The number of aromatic nitrogens is 3. The number of carboxylic acid groups (broad SMARTS) is 1. The van der Waals surface area contributed by atoms with Crippen LogP contribution in [0.15, 0.2) is 36.9 Å². The molecule has 0 aliphatic rings. The molecule has 1 atom stereocenters. The third kappa shape index (κ3) is 5.65. The molecule has 0 aliphatic carbocycles. The van der Waals surface area contributed by atoms with Crippen LogP contribution in [-0.2, 0) is 4.79 Å². The highest BCUT2D eigenvalue weighted by Gasteiger charge is 2.11. The Hall–Kier alpha value is -1.92. The maximum absolute atomic E-state index is 10.5. The van der Waals surface area contributed by atoms with Crippen LogP contribution in [0.3, 0.4) is 0 Å². The molecule has 1 aromatic carbocycles. The van der Waals surface area contributed by atoms with Crippen LogP contribution in [-0.4, -0.2) is 44.3 Å². The highest BCUT2D eigenvalue weighted by Crippen LogP contribution is 2.20. The molecule has 2 rings (SSSR count). The molecule has 1 unspecified atom stereocenters. The number of unbranched alkanes of at least 4 members (excludes halogenated alkanes) is 1. The summed E-state index contributed by atoms with van der Waals surface area (Å²) in [4.78, 5) is 16.7. The Morgan fingerprint density at radius 3 is 2.57 bits per heavy atom. The van der Waals surface area contributed by atoms with E-state index in [1.807, 2.05) is 12.1 Å². The van der Waals surface area contributed by atoms with Crippen molar-refractivity contribution in [2.75, 3.05) is 13.6 Å². The standard InChI is InChI=1S/C16H22N4O2.ClH/c1-13(19(2)10-4-3-5-16(21)22)14-6-8-15(9-7-14)20-12-17-11-18-20;/h6-9,11-13H,3-5,10H2,1-2H3,(H,21,22);1H. The van der Waals surface area contributed by atoms with E-state index >= 15 is 0 Å². The summed E-state index contributed by atoms with van der Waals surface area (Å²) in [7, 11) is 2.07. The average molecular weight is 339 g/mol. The molecule has 0 bridgehead atoms. The van der Waals surface area contributed by atoms with Crippen LogP contribution in [0.25, 0.3) is 5.69 Å². The molecule has 0 spiro atoms. The molecule has 0 saturated heterocycles. The predicted octanol–water partition coefficient (Wildman–Crippen LogP) is 2.94. The fourth-order valence-electron chi connectivity index (χ4n) is 2.33. The molecule has 0 amide bonds. The van der Waals surface area contributed by atoms with Crippen molar-refractivity contribution in [3.8, 4) is 5.69 Å². The maximum Gasteiger partial charge on any atom is 0.303 e. The highest BCUT2D eigenvalue weighted by atomic mass is 35.5. The lowest BCUT2D eigenvalue weighted by molar-refractivity contribution is -0.137. The summed E-state index contributed by atoms with van der Waals surface area (Å²) in [5.41, 5.74) is 2.21. The van der Waals surface area contributed by atoms with E-state index in [2.05, 4.69) is 41.1 Å². The molecule has 6 nitrogen and oxygen atoms in total. The zero-order chi connectivity index (χ0) is 15.9. The summed E-state index contributed by atoms with van der Waals surface area (Å²) in [6.07, 6.45) is 5.05. The first-order valence-corrected chi connectivity index (χ1v) is 7.45. The molecule has 0 radical (unpaired) electrons. The van der Waals surface area contributed by atoms with Gasteiger partial charge >= 0.3 is 5.97 Å². The van der Waals surface area contributed by atoms with Gasteiger partial charge in [-0.05, 0) is 51.1 Å². The van der Waals surface area contributed by atoms with Gasteiger partial charge in [-0.3, -0.25) is 9.69 Å². The van der Waals surface area contributed by atoms with Crippen molar-refractivity contribution in [3.63, 3.8) is 0 Å². The number of benzene rings is 1. The molecule has 1 heterocycles. The van der Waals surface area contributed by atoms with Gasteiger partial charge in [-0.1, -0.05) is 12.1 Å². The van der Waals surface area contributed by atoms with E-state index in [4.69, 9.17) is 5.11 Å². The van der Waals surface area contributed by atoms with Gasteiger partial charge in [0.25, 0.3) is 0 Å². The van der Waals surface area contributed by atoms with Crippen LogP contribution in [0.4, 0.5) is 0 Å². The molecule has 126 valence electrons. The molecular formula is C16H23ClN4O2. The van der Waals surface area contributed by atoms with Crippen LogP contribution in [0.1, 0.15) is 37.8 Å². The Labute approximate surface area is 142 Å². The van der Waals surface area contributed by atoms with Gasteiger partial charge in [-0.15, -0.1) is 12.4 Å². The van der Waals surface area contributed by atoms with Gasteiger partial charge < -0.3 is 5.11 Å². The molecular weight excluding hydrogens is 316 g/mol. The second kappa shape index (κ2) is 9.27. The highest BCUT2D eigenvalue weighted by molar-refractivity contribution is 5.85. The zero-order valence-corrected chi connectivity index (χ0v) is 14.2. The minimum atomic E-state index is -0.723. The minimum Gasteiger partial charge on any atom is -0.481 e. The predicted molar refractivity (Wildman–Crippen MR) is 91.1 cm³/mol. The summed E-state index contributed by atoms with van der Waals surface area (Å²) in [6, 6.07) is 8.53. The number of hydrogen-bond acceptors (Lipinski definition) is 4. The number of carbonyl (C=O) groups is 1. The summed E-state index contributed by atoms with van der Waals surface area (Å²) < 4.78 is 1.73. The number of halogens is 1. The van der Waals surface area contributed by atoms with Gasteiger partial charge in [0.2, 0.25) is 0 Å². The van der Waals surface area contributed by atoms with Gasteiger partial charge in [0, 0.05) is 12.5 Å². The van der Waals surface area contributed by atoms with E-state index < -0.39 is 5.97 Å². The summed E-state index contributed by atoms with van der Waals surface area (Å²) >= 11 is 0. The third-order valence-electron chi connectivity index (χ3n) is 3.87. The Kier molecular flexibility index (Phi) is 7.71. The van der Waals surface area contributed by atoms with Crippen molar-refractivity contribution >= 4 is 18.4 Å². The second-order valence-corrected chi connectivity index (χ2v) is 5.44. The fourth-order valence-corrected chi connectivity index (χ4v) is 2.33. The maximum atomic E-state index is 10.5. The average Bonchev–Trinajstić information content (AvgIpc) is 3.05. The van der Waals surface area contributed by atoms with Crippen molar-refractivity contribution in [3.05, 3.63) is 42.5 Å². The van der Waals surface area contributed by atoms with Gasteiger partial charge in [0.05, 0.1) is 5.69 Å². The van der Waals surface area contributed by atoms with Crippen molar-refractivity contribution in [1.82, 2.24) is 19.7 Å². The Bertz CT molecular complexity index is 587. The molecule has 2 aromatic rings. The molecule has 1 aromatic heterocycles. The van der Waals surface area contributed by atoms with E-state index in [0.717, 1.165) is 25.1 Å². The Balaban J connectivity index is 0.00000264. The lowest BCUT2D eigenvalue weighted by Crippen LogP contribution is -2.23. The lowest BCUT2D eigenvalue weighted by atomic mass is 10.1. The largest absolute Gasteiger partial charge is 0.481 e. The molecule has 0 fully saturated rings. The number of rotatable bonds is 8. The van der Waals surface area contributed by atoms with Crippen molar-refractivity contribution in [2.45, 2.75) is 32.2 Å². The van der Waals surface area contributed by atoms with Crippen molar-refractivity contribution in [2.24, 2.45) is 0 Å². The van der Waals surface area contributed by atoms with E-state index in [9.17, 15) is 4.79 Å². The number of aliphatic carboxylic acids is 1. The van der Waals surface area contributed by atoms with E-state index in [0.29, 0.717) is 0 Å². The van der Waals surface area contributed by atoms with Crippen LogP contribution in [0.5, 0.6) is 0 Å². The van der Waals surface area contributed by atoms with E-state index in [1.54, 1.807) is 11.0 Å². The van der Waals surface area contributed by atoms with Crippen LogP contribution in [0.2, 0.25) is 0 Å². The Morgan fingerprint density at radius 2 is 2.00 bits per heavy atom. The van der Waals surface area contributed by atoms with Crippen molar-refractivity contribution < 1.29 is 9.90 Å². The monoisotopic (exact) mass is 338 g/mol. The second-order valence-electron chi connectivity index (χ2n) is 5.44. The lowest BCUT2D eigenvalue weighted by Gasteiger charge is -2.25. The first-order valence-electron chi connectivity index (χ1n) is 7.45. The molecule has 23 heavy (non-hydrogen) atoms. The molecule has 0 aliphatic heterocycles. The summed E-state index contributed by atoms with van der Waals surface area (Å²) in [5.74, 6) is -0.723. The topological polar surface area (TPSA) is 71.2 Å². The molecule has 1 N–H and O–H groups in total. The van der Waals surface area contributed by atoms with E-state index in [-0.39, 0.29) is 24.9 Å². The fraction of sp³-hybridized carbons (Fsp3) is 0.438. The van der Waals surface area contributed by atoms with Gasteiger partial charge in [0.1, 0.15) is 12.7 Å². The Morgan fingerprint density at radius 1 is 1.30 bits per heavy atom. The van der Waals surface area contributed by atoms with Crippen LogP contribution in [0, 0.1) is 0 Å². The normalized spacial score (nSPS) is 12.0. The van der Waals surface area contributed by atoms with Crippen LogP contribution >= 0.6 is 12.4 Å². The van der Waals surface area contributed by atoms with Gasteiger partial charge in [0.15, 0.2) is 0 Å².